The molecule has 0 unspecified atom stereocenters. The molecule has 0 bridgehead atoms. The van der Waals surface area contributed by atoms with Crippen molar-refractivity contribution < 1.29 is 63.2 Å². The van der Waals surface area contributed by atoms with Crippen LogP contribution in [0.15, 0.2) is 0 Å². The van der Waals surface area contributed by atoms with Gasteiger partial charge >= 0.3 is 0 Å². The smallest absolute Gasteiger partial charge is 0 e. The Morgan fingerprint density at radius 3 is 0.800 bits per heavy atom. The maximum Gasteiger partial charge on any atom is 0 e. The fourth-order valence-electron chi connectivity index (χ4n) is 0. The predicted octanol–water partition coefficient (Wildman–Crippen LogP) is -1.63. The molecule has 0 aromatic heterocycles. The van der Waals surface area contributed by atoms with Crippen LogP contribution in [0, 0.1) is 41.7 Å². The van der Waals surface area contributed by atoms with E-state index in [-0.39, 0.29) is 52.7 Å². The van der Waals surface area contributed by atoms with Crippen molar-refractivity contribution in [2.75, 3.05) is 0 Å². The van der Waals surface area contributed by atoms with E-state index in [1.807, 2.05) is 0 Å². The summed E-state index contributed by atoms with van der Waals surface area (Å²) in [6.07, 6.45) is 0. The summed E-state index contributed by atoms with van der Waals surface area (Å²) in [5.41, 5.74) is 0. The third kappa shape index (κ3) is 36.5. The minimum absolute atomic E-state index is 0. The van der Waals surface area contributed by atoms with Gasteiger partial charge < -0.3 is 11.0 Å². The molecule has 6 N–H and O–H groups in total. The Morgan fingerprint density at radius 1 is 0.800 bits per heavy atom. The van der Waals surface area contributed by atoms with E-state index in [0.717, 1.165) is 0 Å². The summed E-state index contributed by atoms with van der Waals surface area (Å²) in [7, 11) is 0. The Bertz CT molecular complexity index is 3.61. The molecule has 0 heterocycles. The van der Waals surface area contributed by atoms with Crippen LogP contribution in [-0.4, -0.2) is 21.5 Å². The van der Waals surface area contributed by atoms with Gasteiger partial charge in [0.2, 0.25) is 0 Å². The maximum atomic E-state index is 6.00. The van der Waals surface area contributed by atoms with Crippen LogP contribution < -0.4 is 0 Å². The average molecular weight is 210 g/mol. The molecule has 5 heavy (non-hydrogen) atoms. The van der Waals surface area contributed by atoms with Gasteiger partial charge in [0.1, 0.15) is 0 Å². The second-order valence-corrected chi connectivity index (χ2v) is 0. The third-order valence-electron chi connectivity index (χ3n) is 0. The largest absolute Gasteiger partial charge is 0.412 e. The van der Waals surface area contributed by atoms with Crippen LogP contribution >= 0.6 is 0 Å². The van der Waals surface area contributed by atoms with Gasteiger partial charge in [-0.05, 0) is 0 Å². The SMILES string of the molecule is O.O.OO.[Ce]. The Kier molecular flexibility index (Phi) is 432. The molecule has 0 aromatic rings. The predicted molar refractivity (Wildman–Crippen MR) is 12.5 cm³/mol. The van der Waals surface area contributed by atoms with E-state index in [1.165, 1.54) is 0 Å². The van der Waals surface area contributed by atoms with Gasteiger partial charge in [-0.3, -0.25) is 10.5 Å². The summed E-state index contributed by atoms with van der Waals surface area (Å²) in [6, 6.07) is 0. The normalized spacial score (nSPS) is 1.20. The Balaban J connectivity index is -0.00000000167. The van der Waals surface area contributed by atoms with E-state index >= 15 is 0 Å². The minimum Gasteiger partial charge on any atom is -0.412 e. The number of hydrogen-bond acceptors (Lipinski definition) is 2. The van der Waals surface area contributed by atoms with Crippen LogP contribution in [-0.2, 0) is 0 Å². The van der Waals surface area contributed by atoms with Crippen molar-refractivity contribution in [1.82, 2.24) is 0 Å². The first-order valence-corrected chi connectivity index (χ1v) is 0.200. The van der Waals surface area contributed by atoms with E-state index in [2.05, 4.69) is 0 Å². The Hall–Kier alpha value is 1.22. The van der Waals surface area contributed by atoms with Crippen molar-refractivity contribution >= 4 is 0 Å². The van der Waals surface area contributed by atoms with Gasteiger partial charge in [-0.1, -0.05) is 0 Å². The summed E-state index contributed by atoms with van der Waals surface area (Å²) in [4.78, 5) is 0. The number of hydrogen-bond donors (Lipinski definition) is 2. The molecule has 4 nitrogen and oxygen atoms in total. The van der Waals surface area contributed by atoms with Gasteiger partial charge in [0.15, 0.2) is 0 Å². The number of rotatable bonds is 0. The zero-order chi connectivity index (χ0) is 2.00. The van der Waals surface area contributed by atoms with Crippen molar-refractivity contribution in [3.8, 4) is 0 Å². The molecule has 0 radical (unpaired) electrons. The molecular formula is H6CeO4. The first-order chi connectivity index (χ1) is 1.00. The maximum absolute atomic E-state index is 6.00. The van der Waals surface area contributed by atoms with E-state index in [9.17, 15) is 0 Å². The van der Waals surface area contributed by atoms with Crippen LogP contribution in [0.1, 0.15) is 0 Å². The summed E-state index contributed by atoms with van der Waals surface area (Å²) >= 11 is 0. The van der Waals surface area contributed by atoms with Gasteiger partial charge in [0, 0.05) is 41.7 Å². The second kappa shape index (κ2) is 62.7. The first-order valence-electron chi connectivity index (χ1n) is 0.200. The first kappa shape index (κ1) is 34.4. The average Bonchev–Trinajstić information content (AvgIpc) is 1.00. The summed E-state index contributed by atoms with van der Waals surface area (Å²) in [5.74, 6) is 0. The van der Waals surface area contributed by atoms with Crippen molar-refractivity contribution in [2.45, 2.75) is 0 Å². The minimum atomic E-state index is 0. The zero-order valence-electron chi connectivity index (χ0n) is 2.39. The summed E-state index contributed by atoms with van der Waals surface area (Å²) in [6.45, 7) is 0. The van der Waals surface area contributed by atoms with Crippen LogP contribution in [0.2, 0.25) is 0 Å². The molecule has 0 saturated carbocycles. The molecule has 0 saturated heterocycles. The van der Waals surface area contributed by atoms with Gasteiger partial charge in [0.25, 0.3) is 0 Å². The van der Waals surface area contributed by atoms with Gasteiger partial charge in [-0.15, -0.1) is 0 Å². The molecule has 0 aliphatic carbocycles. The molecule has 0 amide bonds. The van der Waals surface area contributed by atoms with E-state index in [0.29, 0.717) is 0 Å². The fraction of sp³-hybridized carbons (Fsp3) is 0. The van der Waals surface area contributed by atoms with E-state index in [1.54, 1.807) is 0 Å². The summed E-state index contributed by atoms with van der Waals surface area (Å²) in [5, 5.41) is 12.0. The van der Waals surface area contributed by atoms with Crippen LogP contribution in [0.25, 0.3) is 0 Å². The van der Waals surface area contributed by atoms with Crippen LogP contribution in [0.3, 0.4) is 0 Å². The molecule has 34 valence electrons. The molecule has 0 rings (SSSR count). The Labute approximate surface area is 62.7 Å². The molecule has 0 atom stereocenters. The van der Waals surface area contributed by atoms with Crippen LogP contribution in [0.5, 0.6) is 0 Å². The van der Waals surface area contributed by atoms with E-state index < -0.39 is 0 Å². The van der Waals surface area contributed by atoms with Crippen molar-refractivity contribution in [3.05, 3.63) is 0 Å². The fourth-order valence-corrected chi connectivity index (χ4v) is 0. The standard InChI is InChI=1S/Ce.H2O2.2H2O/c;1-2;;/h;1-2H;2*1H2. The molecule has 0 aromatic carbocycles. The molecule has 0 aliphatic rings. The van der Waals surface area contributed by atoms with Crippen molar-refractivity contribution in [3.63, 3.8) is 0 Å². The molecule has 0 aliphatic heterocycles. The Morgan fingerprint density at radius 2 is 0.800 bits per heavy atom. The van der Waals surface area contributed by atoms with Gasteiger partial charge in [0.05, 0.1) is 0 Å². The molecule has 0 spiro atoms. The van der Waals surface area contributed by atoms with Gasteiger partial charge in [-0.25, -0.2) is 0 Å². The quantitative estimate of drug-likeness (QED) is 0.370. The second-order valence-electron chi connectivity index (χ2n) is 0. The molecule has 5 heteroatoms. The van der Waals surface area contributed by atoms with Gasteiger partial charge in [-0.2, -0.15) is 0 Å². The van der Waals surface area contributed by atoms with Crippen molar-refractivity contribution in [1.29, 1.82) is 0 Å². The third-order valence-corrected chi connectivity index (χ3v) is 0. The summed E-state index contributed by atoms with van der Waals surface area (Å²) < 4.78 is 0. The zero-order valence-corrected chi connectivity index (χ0v) is 5.53. The van der Waals surface area contributed by atoms with E-state index in [4.69, 9.17) is 10.5 Å². The topological polar surface area (TPSA) is 103 Å². The molecule has 0 fully saturated rings. The van der Waals surface area contributed by atoms with Crippen molar-refractivity contribution in [2.24, 2.45) is 0 Å². The monoisotopic (exact) mass is 210 g/mol. The van der Waals surface area contributed by atoms with Crippen LogP contribution in [0.4, 0.5) is 0 Å². The molecular weight excluding hydrogens is 204 g/mol.